The molecular formula is C19H25BrN5O+. The Hall–Kier alpha value is -1.99. The number of amides is 1. The van der Waals surface area contributed by atoms with Crippen molar-refractivity contribution in [2.45, 2.75) is 19.4 Å². The second kappa shape index (κ2) is 9.09. The lowest BCUT2D eigenvalue weighted by Crippen LogP contribution is -3.16. The topological polar surface area (TPSA) is 62.6 Å². The van der Waals surface area contributed by atoms with E-state index in [-0.39, 0.29) is 11.9 Å². The van der Waals surface area contributed by atoms with Crippen LogP contribution in [0.25, 0.3) is 0 Å². The molecule has 1 saturated heterocycles. The lowest BCUT2D eigenvalue weighted by atomic mass is 10.0. The highest BCUT2D eigenvalue weighted by Crippen LogP contribution is 2.19. The molecule has 7 heteroatoms. The van der Waals surface area contributed by atoms with Gasteiger partial charge in [-0.1, -0.05) is 35.0 Å². The van der Waals surface area contributed by atoms with Crippen molar-refractivity contribution < 1.29 is 9.69 Å². The van der Waals surface area contributed by atoms with Crippen molar-refractivity contribution in [1.29, 1.82) is 0 Å². The van der Waals surface area contributed by atoms with Crippen LogP contribution in [0.1, 0.15) is 24.9 Å². The van der Waals surface area contributed by atoms with Crippen LogP contribution in [-0.2, 0) is 4.79 Å². The number of anilines is 1. The van der Waals surface area contributed by atoms with Gasteiger partial charge in [-0.3, -0.25) is 4.79 Å². The van der Waals surface area contributed by atoms with Crippen molar-refractivity contribution in [3.63, 3.8) is 0 Å². The summed E-state index contributed by atoms with van der Waals surface area (Å²) in [6, 6.07) is 10.0. The fourth-order valence-electron chi connectivity index (χ4n) is 3.24. The number of benzene rings is 1. The molecule has 0 spiro atoms. The van der Waals surface area contributed by atoms with E-state index < -0.39 is 0 Å². The summed E-state index contributed by atoms with van der Waals surface area (Å²) in [6.07, 6.45) is 4.41. The molecule has 0 saturated carbocycles. The second-order valence-corrected chi connectivity index (χ2v) is 7.46. The van der Waals surface area contributed by atoms with E-state index in [0.717, 1.165) is 48.6 Å². The highest BCUT2D eigenvalue weighted by molar-refractivity contribution is 9.10. The number of aromatic nitrogens is 2. The summed E-state index contributed by atoms with van der Waals surface area (Å²) in [5.41, 5.74) is 1.14. The van der Waals surface area contributed by atoms with Gasteiger partial charge < -0.3 is 15.1 Å². The molecule has 0 aliphatic carbocycles. The molecule has 2 aromatic rings. The molecule has 2 heterocycles. The largest absolute Gasteiger partial charge is 0.344 e. The van der Waals surface area contributed by atoms with Gasteiger partial charge in [0, 0.05) is 16.9 Å². The van der Waals surface area contributed by atoms with Crippen molar-refractivity contribution in [2.75, 3.05) is 37.6 Å². The molecule has 2 N–H and O–H groups in total. The van der Waals surface area contributed by atoms with Crippen molar-refractivity contribution in [3.05, 3.63) is 52.8 Å². The van der Waals surface area contributed by atoms with Gasteiger partial charge in [0.1, 0.15) is 0 Å². The number of halogens is 1. The Balaban J connectivity index is 1.48. The van der Waals surface area contributed by atoms with E-state index in [1.807, 2.05) is 18.2 Å². The van der Waals surface area contributed by atoms with Gasteiger partial charge in [0.05, 0.1) is 32.2 Å². The lowest BCUT2D eigenvalue weighted by molar-refractivity contribution is -0.892. The number of piperazine rings is 1. The molecule has 138 valence electrons. The molecule has 1 fully saturated rings. The molecule has 1 aromatic carbocycles. The summed E-state index contributed by atoms with van der Waals surface area (Å²) < 4.78 is 1.05. The third kappa shape index (κ3) is 5.02. The molecule has 1 aliphatic rings. The third-order valence-electron chi connectivity index (χ3n) is 4.73. The molecule has 1 amide bonds. The van der Waals surface area contributed by atoms with Crippen molar-refractivity contribution in [3.8, 4) is 0 Å². The summed E-state index contributed by atoms with van der Waals surface area (Å²) in [5.74, 6) is 0.886. The number of nitrogens with zero attached hydrogens (tertiary/aromatic N) is 3. The zero-order valence-corrected chi connectivity index (χ0v) is 16.6. The Morgan fingerprint density at radius 3 is 2.50 bits per heavy atom. The van der Waals surface area contributed by atoms with Gasteiger partial charge in [-0.25, -0.2) is 9.97 Å². The molecule has 0 radical (unpaired) electrons. The monoisotopic (exact) mass is 418 g/mol. The summed E-state index contributed by atoms with van der Waals surface area (Å²) in [4.78, 5) is 24.6. The van der Waals surface area contributed by atoms with Crippen LogP contribution in [-0.4, -0.2) is 48.6 Å². The lowest BCUT2D eigenvalue weighted by Gasteiger charge is -2.32. The summed E-state index contributed by atoms with van der Waals surface area (Å²) in [7, 11) is 0. The fraction of sp³-hybridized carbons (Fsp3) is 0.421. The Kier molecular flexibility index (Phi) is 6.57. The number of hydrogen-bond acceptors (Lipinski definition) is 4. The average molecular weight is 419 g/mol. The normalized spacial score (nSPS) is 16.3. The van der Waals surface area contributed by atoms with Gasteiger partial charge in [0.25, 0.3) is 5.91 Å². The average Bonchev–Trinajstić information content (AvgIpc) is 2.68. The van der Waals surface area contributed by atoms with E-state index in [0.29, 0.717) is 6.54 Å². The van der Waals surface area contributed by atoms with Crippen molar-refractivity contribution in [1.82, 2.24) is 15.3 Å². The van der Waals surface area contributed by atoms with Gasteiger partial charge in [-0.05, 0) is 30.2 Å². The van der Waals surface area contributed by atoms with E-state index in [1.165, 1.54) is 4.90 Å². The van der Waals surface area contributed by atoms with Gasteiger partial charge in [-0.2, -0.15) is 0 Å². The Labute approximate surface area is 162 Å². The van der Waals surface area contributed by atoms with Crippen LogP contribution >= 0.6 is 15.9 Å². The van der Waals surface area contributed by atoms with Crippen LogP contribution < -0.4 is 15.1 Å². The minimum absolute atomic E-state index is 0.0639. The number of rotatable bonds is 6. The second-order valence-electron chi connectivity index (χ2n) is 6.54. The molecule has 0 unspecified atom stereocenters. The highest BCUT2D eigenvalue weighted by Gasteiger charge is 2.24. The van der Waals surface area contributed by atoms with Crippen LogP contribution in [0.15, 0.2) is 47.2 Å². The Morgan fingerprint density at radius 2 is 1.88 bits per heavy atom. The smallest absolute Gasteiger partial charge is 0.275 e. The maximum Gasteiger partial charge on any atom is 0.275 e. The van der Waals surface area contributed by atoms with E-state index in [2.05, 4.69) is 55.2 Å². The number of carbonyl (C=O) groups excluding carboxylic acids is 1. The predicted octanol–water partition coefficient (Wildman–Crippen LogP) is 1.21. The first-order valence-electron chi connectivity index (χ1n) is 9.06. The van der Waals surface area contributed by atoms with Crippen LogP contribution in [0.2, 0.25) is 0 Å². The summed E-state index contributed by atoms with van der Waals surface area (Å²) in [5, 5.41) is 3.18. The van der Waals surface area contributed by atoms with Gasteiger partial charge in [0.2, 0.25) is 5.95 Å². The quantitative estimate of drug-likeness (QED) is 0.739. The number of nitrogens with one attached hydrogen (secondary N) is 2. The first kappa shape index (κ1) is 18.8. The van der Waals surface area contributed by atoms with E-state index in [9.17, 15) is 4.79 Å². The van der Waals surface area contributed by atoms with Gasteiger partial charge in [-0.15, -0.1) is 0 Å². The predicted molar refractivity (Wildman–Crippen MR) is 105 cm³/mol. The minimum Gasteiger partial charge on any atom is -0.344 e. The highest BCUT2D eigenvalue weighted by atomic mass is 79.9. The van der Waals surface area contributed by atoms with Gasteiger partial charge >= 0.3 is 0 Å². The summed E-state index contributed by atoms with van der Waals surface area (Å²) in [6.45, 7) is 6.18. The SMILES string of the molecule is CC[C@@H](NC(=O)C[NH+]1CCN(c2ncccn2)CC1)c1ccc(Br)cc1. The molecular weight excluding hydrogens is 394 g/mol. The third-order valence-corrected chi connectivity index (χ3v) is 5.26. The number of quaternary nitrogens is 1. The Bertz CT molecular complexity index is 702. The van der Waals surface area contributed by atoms with Crippen molar-refractivity contribution in [2.24, 2.45) is 0 Å². The van der Waals surface area contributed by atoms with E-state index in [1.54, 1.807) is 12.4 Å². The van der Waals surface area contributed by atoms with E-state index in [4.69, 9.17) is 0 Å². The first-order chi connectivity index (χ1) is 12.7. The van der Waals surface area contributed by atoms with Crippen LogP contribution in [0.5, 0.6) is 0 Å². The van der Waals surface area contributed by atoms with Crippen LogP contribution in [0.3, 0.4) is 0 Å². The molecule has 1 aliphatic heterocycles. The Morgan fingerprint density at radius 1 is 1.23 bits per heavy atom. The maximum atomic E-state index is 12.5. The zero-order valence-electron chi connectivity index (χ0n) is 15.0. The summed E-state index contributed by atoms with van der Waals surface area (Å²) >= 11 is 3.45. The maximum absolute atomic E-state index is 12.5. The first-order valence-corrected chi connectivity index (χ1v) is 9.85. The molecule has 6 nitrogen and oxygen atoms in total. The zero-order chi connectivity index (χ0) is 18.4. The molecule has 1 aromatic heterocycles. The van der Waals surface area contributed by atoms with Crippen LogP contribution in [0, 0.1) is 0 Å². The standard InChI is InChI=1S/C19H24BrN5O/c1-2-17(15-4-6-16(20)7-5-15)23-18(26)14-24-10-12-25(13-11-24)19-21-8-3-9-22-19/h3-9,17H,2,10-14H2,1H3,(H,23,26)/p+1/t17-/m1/s1. The van der Waals surface area contributed by atoms with Gasteiger partial charge in [0.15, 0.2) is 6.54 Å². The molecule has 26 heavy (non-hydrogen) atoms. The minimum atomic E-state index is 0.0639. The molecule has 0 bridgehead atoms. The van der Waals surface area contributed by atoms with E-state index >= 15 is 0 Å². The number of carbonyl (C=O) groups is 1. The van der Waals surface area contributed by atoms with Crippen molar-refractivity contribution >= 4 is 27.8 Å². The number of hydrogen-bond donors (Lipinski definition) is 2. The van der Waals surface area contributed by atoms with Crippen LogP contribution in [0.4, 0.5) is 5.95 Å². The molecule has 3 rings (SSSR count). The fourth-order valence-corrected chi connectivity index (χ4v) is 3.51. The molecule has 1 atom stereocenters.